The van der Waals surface area contributed by atoms with E-state index in [2.05, 4.69) is 25.4 Å². The number of rotatable bonds is 6. The minimum atomic E-state index is -0.477. The van der Waals surface area contributed by atoms with Gasteiger partial charge in [0.1, 0.15) is 16.9 Å². The molecule has 0 bridgehead atoms. The van der Waals surface area contributed by atoms with E-state index in [0.717, 1.165) is 4.09 Å². The molecule has 0 fully saturated rings. The van der Waals surface area contributed by atoms with Crippen molar-refractivity contribution in [3.8, 4) is 11.3 Å². The van der Waals surface area contributed by atoms with E-state index in [9.17, 15) is 8.99 Å². The maximum Gasteiger partial charge on any atom is 0.227 e. The molecule has 0 unspecified atom stereocenters. The Balaban J connectivity index is 1.61. The summed E-state index contributed by atoms with van der Waals surface area (Å²) in [6, 6.07) is 6.61. The highest BCUT2D eigenvalue weighted by Gasteiger charge is 2.19. The Hall–Kier alpha value is -3.28. The predicted molar refractivity (Wildman–Crippen MR) is 134 cm³/mol. The van der Waals surface area contributed by atoms with Gasteiger partial charge in [0.15, 0.2) is 18.2 Å². The van der Waals surface area contributed by atoms with Crippen LogP contribution < -0.4 is 5.32 Å². The average Bonchev–Trinajstić information content (AvgIpc) is 3.41. The number of nitrogens with one attached hydrogen (secondary N) is 1. The van der Waals surface area contributed by atoms with Gasteiger partial charge in [-0.1, -0.05) is 17.7 Å². The lowest BCUT2D eigenvalue weighted by Crippen LogP contribution is -2.03. The fourth-order valence-electron chi connectivity index (χ4n) is 4.27. The quantitative estimate of drug-likeness (QED) is 0.280. The molecular weight excluding hydrogens is 496 g/mol. The van der Waals surface area contributed by atoms with E-state index < -0.39 is 5.82 Å². The summed E-state index contributed by atoms with van der Waals surface area (Å²) in [4.78, 5) is 13.1. The van der Waals surface area contributed by atoms with E-state index in [1.807, 2.05) is 25.3 Å². The summed E-state index contributed by atoms with van der Waals surface area (Å²) in [7, 11) is 0. The van der Waals surface area contributed by atoms with Gasteiger partial charge in [0.25, 0.3) is 0 Å². The fraction of sp³-hybridized carbons (Fsp3) is 0.217. The SMILES string of the molecule is Cc1nc2c(F)cc(-c3nc(Nc4ccc(CO)c5cnn(SF)c45)ncc3Cl)cc2n1C(C)C. The van der Waals surface area contributed by atoms with Crippen molar-refractivity contribution in [3.63, 3.8) is 0 Å². The van der Waals surface area contributed by atoms with Crippen LogP contribution in [0.5, 0.6) is 0 Å². The number of imidazole rings is 1. The van der Waals surface area contributed by atoms with Crippen LogP contribution in [0, 0.1) is 12.7 Å². The summed E-state index contributed by atoms with van der Waals surface area (Å²) >= 11 is 6.35. The molecule has 0 atom stereocenters. The summed E-state index contributed by atoms with van der Waals surface area (Å²) in [6.07, 6.45) is 2.89. The van der Waals surface area contributed by atoms with Crippen LogP contribution in [0.2, 0.25) is 5.02 Å². The minimum absolute atomic E-state index is 0.0683. The van der Waals surface area contributed by atoms with Crippen molar-refractivity contribution in [1.82, 2.24) is 28.7 Å². The number of aryl methyl sites for hydroxylation is 1. The first-order valence-corrected chi connectivity index (χ1v) is 11.7. The Morgan fingerprint density at radius 1 is 1.20 bits per heavy atom. The van der Waals surface area contributed by atoms with E-state index in [-0.39, 0.29) is 41.5 Å². The molecule has 0 aliphatic rings. The van der Waals surface area contributed by atoms with E-state index >= 15 is 4.39 Å². The molecule has 0 saturated carbocycles. The van der Waals surface area contributed by atoms with E-state index in [1.54, 1.807) is 18.2 Å². The second-order valence-corrected chi connectivity index (χ2v) is 9.13. The van der Waals surface area contributed by atoms with Gasteiger partial charge in [0, 0.05) is 17.0 Å². The molecule has 2 aromatic carbocycles. The van der Waals surface area contributed by atoms with Crippen molar-refractivity contribution < 1.29 is 13.4 Å². The van der Waals surface area contributed by atoms with Crippen LogP contribution in [0.15, 0.2) is 36.7 Å². The molecule has 0 spiro atoms. The Labute approximate surface area is 208 Å². The second kappa shape index (κ2) is 9.06. The van der Waals surface area contributed by atoms with Gasteiger partial charge in [0.2, 0.25) is 5.95 Å². The summed E-state index contributed by atoms with van der Waals surface area (Å²) < 4.78 is 31.5. The Kier molecular flexibility index (Phi) is 6.07. The molecule has 5 rings (SSSR count). The number of nitrogens with zero attached hydrogens (tertiary/aromatic N) is 6. The van der Waals surface area contributed by atoms with Crippen molar-refractivity contribution in [2.75, 3.05) is 5.32 Å². The smallest absolute Gasteiger partial charge is 0.227 e. The average molecular weight is 516 g/mol. The Morgan fingerprint density at radius 2 is 2.00 bits per heavy atom. The lowest BCUT2D eigenvalue weighted by Gasteiger charge is -2.13. The lowest BCUT2D eigenvalue weighted by atomic mass is 10.1. The second-order valence-electron chi connectivity index (χ2n) is 8.24. The number of anilines is 2. The van der Waals surface area contributed by atoms with E-state index in [4.69, 9.17) is 11.6 Å². The number of halogens is 3. The van der Waals surface area contributed by atoms with Gasteiger partial charge in [-0.2, -0.15) is 9.19 Å². The van der Waals surface area contributed by atoms with Gasteiger partial charge < -0.3 is 15.0 Å². The van der Waals surface area contributed by atoms with Crippen LogP contribution in [0.25, 0.3) is 33.2 Å². The normalized spacial score (nSPS) is 11.8. The van der Waals surface area contributed by atoms with Gasteiger partial charge in [-0.25, -0.2) is 19.3 Å². The number of aromatic nitrogens is 6. The van der Waals surface area contributed by atoms with Crippen LogP contribution in [0.1, 0.15) is 31.3 Å². The van der Waals surface area contributed by atoms with E-state index in [0.29, 0.717) is 44.8 Å². The van der Waals surface area contributed by atoms with Gasteiger partial charge in [-0.15, -0.1) is 3.89 Å². The van der Waals surface area contributed by atoms with Crippen molar-refractivity contribution in [2.24, 2.45) is 0 Å². The third-order valence-electron chi connectivity index (χ3n) is 5.73. The molecule has 0 amide bonds. The molecular formula is C23H20ClF2N7OS. The molecule has 2 N–H and O–H groups in total. The van der Waals surface area contributed by atoms with Gasteiger partial charge >= 0.3 is 0 Å². The van der Waals surface area contributed by atoms with Crippen molar-refractivity contribution >= 4 is 57.5 Å². The van der Waals surface area contributed by atoms with Gasteiger partial charge in [-0.05, 0) is 44.5 Å². The number of benzene rings is 2. The first kappa shape index (κ1) is 23.5. The first-order valence-electron chi connectivity index (χ1n) is 10.7. The zero-order chi connectivity index (χ0) is 24.9. The molecule has 0 aliphatic carbocycles. The molecule has 0 aliphatic heterocycles. The van der Waals surface area contributed by atoms with Crippen molar-refractivity contribution in [2.45, 2.75) is 33.4 Å². The molecule has 3 aromatic heterocycles. The zero-order valence-electron chi connectivity index (χ0n) is 18.9. The van der Waals surface area contributed by atoms with Crippen LogP contribution in [-0.4, -0.2) is 33.8 Å². The largest absolute Gasteiger partial charge is 0.392 e. The maximum absolute atomic E-state index is 15.0. The Bertz CT molecular complexity index is 1580. The monoisotopic (exact) mass is 515 g/mol. The van der Waals surface area contributed by atoms with E-state index in [1.165, 1.54) is 18.5 Å². The lowest BCUT2D eigenvalue weighted by molar-refractivity contribution is 0.283. The third kappa shape index (κ3) is 3.99. The molecule has 5 aromatic rings. The molecule has 12 heteroatoms. The molecule has 0 radical (unpaired) electrons. The highest BCUT2D eigenvalue weighted by atomic mass is 35.5. The fourth-order valence-corrected chi connectivity index (χ4v) is 4.82. The van der Waals surface area contributed by atoms with Crippen LogP contribution in [-0.2, 0) is 6.61 Å². The topological polar surface area (TPSA) is 93.7 Å². The van der Waals surface area contributed by atoms with Crippen LogP contribution in [0.4, 0.5) is 19.9 Å². The molecule has 3 heterocycles. The summed E-state index contributed by atoms with van der Waals surface area (Å²) in [5.41, 5.74) is 3.22. The molecule has 180 valence electrons. The van der Waals surface area contributed by atoms with Gasteiger partial charge in [0.05, 0.1) is 40.9 Å². The zero-order valence-corrected chi connectivity index (χ0v) is 20.5. The van der Waals surface area contributed by atoms with Gasteiger partial charge in [-0.3, -0.25) is 0 Å². The molecule has 8 nitrogen and oxygen atoms in total. The number of aliphatic hydroxyl groups is 1. The first-order chi connectivity index (χ1) is 16.8. The number of aliphatic hydroxyl groups excluding tert-OH is 1. The standard InChI is InChI=1S/C23H20ClF2N7OS/c1-11(2)32-12(3)29-21-17(25)6-14(7-19(21)32)20-16(24)9-27-23(31-20)30-18-5-4-13(10-34)15-8-28-33(35-26)22(15)18/h4-9,11,34H,10H2,1-3H3,(H,27,30,31). The molecule has 0 saturated heterocycles. The highest BCUT2D eigenvalue weighted by molar-refractivity contribution is 7.92. The van der Waals surface area contributed by atoms with Crippen molar-refractivity contribution in [3.05, 3.63) is 58.9 Å². The maximum atomic E-state index is 15.0. The number of hydrogen-bond acceptors (Lipinski definition) is 7. The summed E-state index contributed by atoms with van der Waals surface area (Å²) in [6.45, 7) is 5.62. The summed E-state index contributed by atoms with van der Waals surface area (Å²) in [5, 5.41) is 17.5. The van der Waals surface area contributed by atoms with Crippen LogP contribution >= 0.6 is 23.9 Å². The molecule has 35 heavy (non-hydrogen) atoms. The highest BCUT2D eigenvalue weighted by Crippen LogP contribution is 2.34. The van der Waals surface area contributed by atoms with Crippen molar-refractivity contribution in [1.29, 1.82) is 0 Å². The Morgan fingerprint density at radius 3 is 2.71 bits per heavy atom. The van der Waals surface area contributed by atoms with Crippen LogP contribution in [0.3, 0.4) is 0 Å². The predicted octanol–water partition coefficient (Wildman–Crippen LogP) is 6.14. The third-order valence-corrected chi connectivity index (χ3v) is 6.42. The summed E-state index contributed by atoms with van der Waals surface area (Å²) in [5.74, 6) is 0.405. The number of hydrogen-bond donors (Lipinski definition) is 2. The minimum Gasteiger partial charge on any atom is -0.392 e. The number of fused-ring (bicyclic) bond motifs is 2.